The Bertz CT molecular complexity index is 1430. The van der Waals surface area contributed by atoms with E-state index in [0.29, 0.717) is 49.6 Å². The van der Waals surface area contributed by atoms with E-state index in [4.69, 9.17) is 15.5 Å². The van der Waals surface area contributed by atoms with Gasteiger partial charge in [0.25, 0.3) is 0 Å². The van der Waals surface area contributed by atoms with Crippen LogP contribution in [0.15, 0.2) is 49.1 Å². The lowest BCUT2D eigenvalue weighted by Crippen LogP contribution is -2.25. The number of phenolic OH excluding ortho intramolecular Hbond substituents is 2. The lowest BCUT2D eigenvalue weighted by molar-refractivity contribution is -0.116. The summed E-state index contributed by atoms with van der Waals surface area (Å²) in [6.07, 6.45) is 4.65. The summed E-state index contributed by atoms with van der Waals surface area (Å²) in [6.45, 7) is 7.23. The van der Waals surface area contributed by atoms with Crippen molar-refractivity contribution in [2.45, 2.75) is 39.2 Å². The summed E-state index contributed by atoms with van der Waals surface area (Å²) in [5, 5.41) is 24.1. The molecule has 0 radical (unpaired) electrons. The third-order valence-electron chi connectivity index (χ3n) is 6.29. The molecule has 0 aliphatic rings. The van der Waals surface area contributed by atoms with Crippen molar-refractivity contribution in [1.82, 2.24) is 19.9 Å². The first-order valence-corrected chi connectivity index (χ1v) is 12.5. The van der Waals surface area contributed by atoms with Crippen LogP contribution < -0.4 is 11.1 Å². The second kappa shape index (κ2) is 11.7. The average molecular weight is 504 g/mol. The standard InChI is InChI=1S/C28H33N5O4/c1-3-5-9-23-32-25-26(33(23)17-19-7-6-8-22(34)27(19)36)20-11-10-18(16-21(20)31-28(25)29)12-14-37-15-13-30-24(35)4-2/h4,6-8,10-11,16,34,36H,2-3,5,9,12-15,17H2,1H3,(H2,29,31)(H,30,35). The van der Waals surface area contributed by atoms with E-state index in [2.05, 4.69) is 28.4 Å². The van der Waals surface area contributed by atoms with Crippen molar-refractivity contribution in [2.75, 3.05) is 25.5 Å². The van der Waals surface area contributed by atoms with Crippen LogP contribution in [-0.2, 0) is 28.9 Å². The molecule has 0 unspecified atom stereocenters. The van der Waals surface area contributed by atoms with Crippen LogP contribution in [0.2, 0.25) is 0 Å². The maximum Gasteiger partial charge on any atom is 0.243 e. The maximum absolute atomic E-state index is 11.2. The van der Waals surface area contributed by atoms with Gasteiger partial charge in [-0.15, -0.1) is 0 Å². The molecule has 5 N–H and O–H groups in total. The molecule has 4 aromatic rings. The van der Waals surface area contributed by atoms with Crippen molar-refractivity contribution < 1.29 is 19.7 Å². The number of nitrogen functional groups attached to an aromatic ring is 1. The molecule has 194 valence electrons. The highest BCUT2D eigenvalue weighted by Gasteiger charge is 2.19. The Labute approximate surface area is 215 Å². The minimum atomic E-state index is -0.218. The quantitative estimate of drug-likeness (QED) is 0.131. The number of amides is 1. The summed E-state index contributed by atoms with van der Waals surface area (Å²) >= 11 is 0. The van der Waals surface area contributed by atoms with Crippen LogP contribution in [0.25, 0.3) is 21.9 Å². The second-order valence-corrected chi connectivity index (χ2v) is 8.91. The van der Waals surface area contributed by atoms with Gasteiger partial charge >= 0.3 is 0 Å². The summed E-state index contributed by atoms with van der Waals surface area (Å²) < 4.78 is 7.70. The Morgan fingerprint density at radius 3 is 2.81 bits per heavy atom. The number of anilines is 1. The van der Waals surface area contributed by atoms with Crippen LogP contribution >= 0.6 is 0 Å². The Balaban J connectivity index is 1.64. The number of benzene rings is 2. The summed E-state index contributed by atoms with van der Waals surface area (Å²) in [5.74, 6) is 0.707. The summed E-state index contributed by atoms with van der Waals surface area (Å²) in [4.78, 5) is 20.7. The molecule has 2 aromatic heterocycles. The van der Waals surface area contributed by atoms with E-state index < -0.39 is 0 Å². The molecule has 9 heteroatoms. The number of carbonyl (C=O) groups excluding carboxylic acids is 1. The molecule has 0 atom stereocenters. The Morgan fingerprint density at radius 1 is 1.19 bits per heavy atom. The molecular formula is C28H33N5O4. The van der Waals surface area contributed by atoms with Gasteiger partial charge in [-0.2, -0.15) is 0 Å². The zero-order valence-electron chi connectivity index (χ0n) is 21.0. The molecule has 0 aliphatic carbocycles. The van der Waals surface area contributed by atoms with Crippen LogP contribution in [0.3, 0.4) is 0 Å². The number of nitrogens with two attached hydrogens (primary N) is 1. The number of unbranched alkanes of at least 4 members (excludes halogenated alkanes) is 1. The molecular weight excluding hydrogens is 470 g/mol. The van der Waals surface area contributed by atoms with Gasteiger partial charge in [-0.25, -0.2) is 9.97 Å². The number of hydrogen-bond acceptors (Lipinski definition) is 7. The zero-order chi connectivity index (χ0) is 26.4. The van der Waals surface area contributed by atoms with E-state index in [9.17, 15) is 15.0 Å². The zero-order valence-corrected chi connectivity index (χ0v) is 21.0. The number of para-hydroxylation sites is 1. The number of ether oxygens (including phenoxy) is 1. The number of aryl methyl sites for hydroxylation is 1. The SMILES string of the molecule is C=CC(=O)NCCOCCc1ccc2c(c1)nc(N)c1nc(CCCC)n(Cc3cccc(O)c3O)c12. The molecule has 0 bridgehead atoms. The molecule has 0 saturated carbocycles. The van der Waals surface area contributed by atoms with Crippen molar-refractivity contribution >= 4 is 33.7 Å². The van der Waals surface area contributed by atoms with Gasteiger partial charge in [-0.3, -0.25) is 4.79 Å². The highest BCUT2D eigenvalue weighted by Crippen LogP contribution is 2.34. The topological polar surface area (TPSA) is 136 Å². The fourth-order valence-electron chi connectivity index (χ4n) is 4.34. The number of pyridine rings is 1. The van der Waals surface area contributed by atoms with Gasteiger partial charge in [0, 0.05) is 23.9 Å². The third-order valence-corrected chi connectivity index (χ3v) is 6.29. The number of carbonyl (C=O) groups is 1. The van der Waals surface area contributed by atoms with E-state index in [0.717, 1.165) is 47.1 Å². The highest BCUT2D eigenvalue weighted by atomic mass is 16.5. The monoisotopic (exact) mass is 503 g/mol. The molecule has 9 nitrogen and oxygen atoms in total. The van der Waals surface area contributed by atoms with Crippen molar-refractivity contribution in [3.63, 3.8) is 0 Å². The minimum absolute atomic E-state index is 0.136. The van der Waals surface area contributed by atoms with E-state index >= 15 is 0 Å². The molecule has 2 aromatic carbocycles. The maximum atomic E-state index is 11.2. The number of nitrogens with zero attached hydrogens (tertiary/aromatic N) is 3. The van der Waals surface area contributed by atoms with Gasteiger partial charge in [0.15, 0.2) is 17.3 Å². The summed E-state index contributed by atoms with van der Waals surface area (Å²) in [5.41, 5.74) is 10.3. The van der Waals surface area contributed by atoms with Gasteiger partial charge in [-0.05, 0) is 36.6 Å². The first-order chi connectivity index (χ1) is 17.9. The van der Waals surface area contributed by atoms with Gasteiger partial charge in [0.05, 0.1) is 30.8 Å². The van der Waals surface area contributed by atoms with Crippen molar-refractivity contribution in [2.24, 2.45) is 0 Å². The average Bonchev–Trinajstić information content (AvgIpc) is 3.26. The number of rotatable bonds is 12. The lowest BCUT2D eigenvalue weighted by Gasteiger charge is -2.13. The van der Waals surface area contributed by atoms with E-state index in [1.165, 1.54) is 12.1 Å². The Hall–Kier alpha value is -4.11. The Morgan fingerprint density at radius 2 is 2.03 bits per heavy atom. The molecule has 2 heterocycles. The molecule has 0 spiro atoms. The number of aromatic nitrogens is 3. The number of aromatic hydroxyl groups is 2. The van der Waals surface area contributed by atoms with Gasteiger partial charge in [-0.1, -0.05) is 44.2 Å². The van der Waals surface area contributed by atoms with Crippen LogP contribution in [-0.4, -0.2) is 50.4 Å². The summed E-state index contributed by atoms with van der Waals surface area (Å²) in [6, 6.07) is 11.0. The fourth-order valence-corrected chi connectivity index (χ4v) is 4.34. The molecule has 0 aliphatic heterocycles. The van der Waals surface area contributed by atoms with Gasteiger partial charge < -0.3 is 30.6 Å². The first-order valence-electron chi connectivity index (χ1n) is 12.5. The predicted molar refractivity (Wildman–Crippen MR) is 145 cm³/mol. The smallest absolute Gasteiger partial charge is 0.243 e. The van der Waals surface area contributed by atoms with Crippen LogP contribution in [0.1, 0.15) is 36.7 Å². The largest absolute Gasteiger partial charge is 0.504 e. The molecule has 4 rings (SSSR count). The second-order valence-electron chi connectivity index (χ2n) is 8.91. The fraction of sp³-hybridized carbons (Fsp3) is 0.321. The lowest BCUT2D eigenvalue weighted by atomic mass is 10.1. The first kappa shape index (κ1) is 26.0. The van der Waals surface area contributed by atoms with E-state index in [-0.39, 0.29) is 17.4 Å². The van der Waals surface area contributed by atoms with Crippen molar-refractivity contribution in [1.29, 1.82) is 0 Å². The van der Waals surface area contributed by atoms with Gasteiger partial charge in [0.2, 0.25) is 5.91 Å². The Kier molecular flexibility index (Phi) is 8.25. The number of hydrogen-bond donors (Lipinski definition) is 4. The highest BCUT2D eigenvalue weighted by molar-refractivity contribution is 6.06. The summed E-state index contributed by atoms with van der Waals surface area (Å²) in [7, 11) is 0. The minimum Gasteiger partial charge on any atom is -0.504 e. The molecule has 0 fully saturated rings. The number of imidazole rings is 1. The van der Waals surface area contributed by atoms with Crippen molar-refractivity contribution in [3.05, 3.63) is 66.0 Å². The number of phenols is 2. The van der Waals surface area contributed by atoms with Gasteiger partial charge in [0.1, 0.15) is 11.3 Å². The number of nitrogens with one attached hydrogen (secondary N) is 1. The molecule has 0 saturated heterocycles. The third kappa shape index (κ3) is 5.83. The van der Waals surface area contributed by atoms with Crippen LogP contribution in [0, 0.1) is 0 Å². The van der Waals surface area contributed by atoms with Crippen LogP contribution in [0.4, 0.5) is 5.82 Å². The normalized spacial score (nSPS) is 11.3. The van der Waals surface area contributed by atoms with E-state index in [1.807, 2.05) is 18.2 Å². The van der Waals surface area contributed by atoms with Crippen LogP contribution in [0.5, 0.6) is 11.5 Å². The molecule has 37 heavy (non-hydrogen) atoms. The van der Waals surface area contributed by atoms with E-state index in [1.54, 1.807) is 12.1 Å². The molecule has 1 amide bonds. The van der Waals surface area contributed by atoms with Crippen molar-refractivity contribution in [3.8, 4) is 11.5 Å². The number of fused-ring (bicyclic) bond motifs is 3. The predicted octanol–water partition coefficient (Wildman–Crippen LogP) is 3.83.